The zero-order chi connectivity index (χ0) is 12.0. The first-order valence-corrected chi connectivity index (χ1v) is 5.43. The number of rotatable bonds is 1. The van der Waals surface area contributed by atoms with Gasteiger partial charge in [0.15, 0.2) is 0 Å². The van der Waals surface area contributed by atoms with Crippen molar-refractivity contribution in [3.63, 3.8) is 0 Å². The lowest BCUT2D eigenvalue weighted by Crippen LogP contribution is -1.96. The Morgan fingerprint density at radius 1 is 1.31 bits per heavy atom. The van der Waals surface area contributed by atoms with Gasteiger partial charge in [0.05, 0.1) is 15.6 Å². The van der Waals surface area contributed by atoms with E-state index in [-0.39, 0.29) is 10.7 Å². The quantitative estimate of drug-likeness (QED) is 0.861. The van der Waals surface area contributed by atoms with Gasteiger partial charge in [0.1, 0.15) is 10.7 Å². The second kappa shape index (κ2) is 3.84. The number of fused-ring (bicyclic) bond motifs is 1. The highest BCUT2D eigenvalue weighted by Gasteiger charge is 2.21. The summed E-state index contributed by atoms with van der Waals surface area (Å²) < 4.78 is 1.51. The molecule has 0 unspecified atom stereocenters. The van der Waals surface area contributed by atoms with Crippen LogP contribution in [0.2, 0.25) is 15.2 Å². The SMILES string of the molecule is Cn1c(Cl)c(C(=O)O)c2ccc(Cl)c(Cl)c21. The topological polar surface area (TPSA) is 42.2 Å². The van der Waals surface area contributed by atoms with Crippen molar-refractivity contribution in [1.29, 1.82) is 0 Å². The van der Waals surface area contributed by atoms with Crippen molar-refractivity contribution in [2.75, 3.05) is 0 Å². The molecule has 0 atom stereocenters. The molecule has 1 aromatic heterocycles. The van der Waals surface area contributed by atoms with Crippen LogP contribution >= 0.6 is 34.8 Å². The fourth-order valence-corrected chi connectivity index (χ4v) is 2.36. The van der Waals surface area contributed by atoms with E-state index in [0.717, 1.165) is 0 Å². The summed E-state index contributed by atoms with van der Waals surface area (Å²) >= 11 is 17.8. The van der Waals surface area contributed by atoms with E-state index in [4.69, 9.17) is 39.9 Å². The Bertz CT molecular complexity index is 604. The molecule has 0 saturated heterocycles. The molecule has 16 heavy (non-hydrogen) atoms. The first-order chi connectivity index (χ1) is 7.45. The molecular weight excluding hydrogens is 272 g/mol. The second-order valence-electron chi connectivity index (χ2n) is 3.29. The number of carboxylic acids is 1. The number of nitrogens with zero attached hydrogens (tertiary/aromatic N) is 1. The molecule has 0 radical (unpaired) electrons. The number of carbonyl (C=O) groups is 1. The van der Waals surface area contributed by atoms with E-state index < -0.39 is 5.97 Å². The maximum Gasteiger partial charge on any atom is 0.339 e. The monoisotopic (exact) mass is 277 g/mol. The summed E-state index contributed by atoms with van der Waals surface area (Å²) in [5.41, 5.74) is 0.564. The van der Waals surface area contributed by atoms with Crippen LogP contribution in [0.5, 0.6) is 0 Å². The van der Waals surface area contributed by atoms with Gasteiger partial charge in [-0.2, -0.15) is 0 Å². The molecular formula is C10H6Cl3NO2. The van der Waals surface area contributed by atoms with Crippen molar-refractivity contribution >= 4 is 51.7 Å². The van der Waals surface area contributed by atoms with Crippen molar-refractivity contribution in [2.24, 2.45) is 7.05 Å². The smallest absolute Gasteiger partial charge is 0.339 e. The first-order valence-electron chi connectivity index (χ1n) is 4.30. The van der Waals surface area contributed by atoms with Crippen molar-refractivity contribution < 1.29 is 9.90 Å². The molecule has 0 saturated carbocycles. The van der Waals surface area contributed by atoms with Crippen LogP contribution in [0.25, 0.3) is 10.9 Å². The number of carboxylic acid groups (broad SMARTS) is 1. The van der Waals surface area contributed by atoms with Crippen LogP contribution in [0.4, 0.5) is 0 Å². The molecule has 3 nitrogen and oxygen atoms in total. The maximum atomic E-state index is 11.1. The third-order valence-corrected chi connectivity index (χ3v) is 3.63. The normalized spacial score (nSPS) is 11.0. The van der Waals surface area contributed by atoms with Crippen LogP contribution in [0.3, 0.4) is 0 Å². The summed E-state index contributed by atoms with van der Waals surface area (Å²) in [5.74, 6) is -1.09. The zero-order valence-electron chi connectivity index (χ0n) is 8.09. The molecule has 1 aromatic carbocycles. The molecule has 0 aliphatic heterocycles. The van der Waals surface area contributed by atoms with Gasteiger partial charge in [0, 0.05) is 12.4 Å². The standard InChI is InChI=1S/C10H6Cl3NO2/c1-14-8-4(2-3-5(11)7(8)12)6(9(14)13)10(15)16/h2-3H,1H3,(H,15,16). The van der Waals surface area contributed by atoms with Crippen LogP contribution in [-0.4, -0.2) is 15.6 Å². The molecule has 1 heterocycles. The number of halogens is 3. The van der Waals surface area contributed by atoms with Gasteiger partial charge in [-0.1, -0.05) is 40.9 Å². The van der Waals surface area contributed by atoms with Crippen LogP contribution in [0.1, 0.15) is 10.4 Å². The molecule has 0 aliphatic carbocycles. The van der Waals surface area contributed by atoms with E-state index in [2.05, 4.69) is 0 Å². The highest BCUT2D eigenvalue weighted by atomic mass is 35.5. The highest BCUT2D eigenvalue weighted by molar-refractivity contribution is 6.46. The Kier molecular flexibility index (Phi) is 2.78. The van der Waals surface area contributed by atoms with E-state index in [0.29, 0.717) is 20.9 Å². The molecule has 0 bridgehead atoms. The van der Waals surface area contributed by atoms with Gasteiger partial charge >= 0.3 is 5.97 Å². The van der Waals surface area contributed by atoms with Gasteiger partial charge in [-0.3, -0.25) is 0 Å². The molecule has 0 fully saturated rings. The summed E-state index contributed by atoms with van der Waals surface area (Å²) in [6.07, 6.45) is 0. The van der Waals surface area contributed by atoms with Gasteiger partial charge in [-0.05, 0) is 6.07 Å². The van der Waals surface area contributed by atoms with E-state index >= 15 is 0 Å². The summed E-state index contributed by atoms with van der Waals surface area (Å²) in [7, 11) is 1.64. The minimum atomic E-state index is -1.09. The van der Waals surface area contributed by atoms with Crippen LogP contribution in [0.15, 0.2) is 12.1 Å². The van der Waals surface area contributed by atoms with Crippen molar-refractivity contribution in [1.82, 2.24) is 4.57 Å². The molecule has 0 spiro atoms. The largest absolute Gasteiger partial charge is 0.478 e. The number of benzene rings is 1. The summed E-state index contributed by atoms with van der Waals surface area (Å²) in [5, 5.41) is 10.3. The number of aromatic carboxylic acids is 1. The lowest BCUT2D eigenvalue weighted by Gasteiger charge is -2.01. The van der Waals surface area contributed by atoms with Gasteiger partial charge in [-0.25, -0.2) is 4.79 Å². The summed E-state index contributed by atoms with van der Waals surface area (Å²) in [6, 6.07) is 3.15. The summed E-state index contributed by atoms with van der Waals surface area (Å²) in [6.45, 7) is 0. The lowest BCUT2D eigenvalue weighted by molar-refractivity contribution is 0.0699. The fraction of sp³-hybridized carbons (Fsp3) is 0.100. The van der Waals surface area contributed by atoms with Gasteiger partial charge in [0.25, 0.3) is 0 Å². The average Bonchev–Trinajstić information content (AvgIpc) is 2.46. The number of hydrogen-bond acceptors (Lipinski definition) is 1. The van der Waals surface area contributed by atoms with Crippen LogP contribution < -0.4 is 0 Å². The van der Waals surface area contributed by atoms with Crippen molar-refractivity contribution in [3.8, 4) is 0 Å². The Morgan fingerprint density at radius 3 is 2.50 bits per heavy atom. The average molecular weight is 279 g/mol. The number of hydrogen-bond donors (Lipinski definition) is 1. The van der Waals surface area contributed by atoms with E-state index in [1.165, 1.54) is 4.57 Å². The molecule has 2 rings (SSSR count). The Labute approximate surface area is 106 Å². The Morgan fingerprint density at radius 2 is 1.94 bits per heavy atom. The predicted molar refractivity (Wildman–Crippen MR) is 64.9 cm³/mol. The summed E-state index contributed by atoms with van der Waals surface area (Å²) in [4.78, 5) is 11.1. The van der Waals surface area contributed by atoms with E-state index in [9.17, 15) is 4.79 Å². The maximum absolute atomic E-state index is 11.1. The Hall–Kier alpha value is -0.900. The predicted octanol–water partition coefficient (Wildman–Crippen LogP) is 3.84. The highest BCUT2D eigenvalue weighted by Crippen LogP contribution is 2.37. The van der Waals surface area contributed by atoms with Gasteiger partial charge in [0.2, 0.25) is 0 Å². The molecule has 0 amide bonds. The third-order valence-electron chi connectivity index (χ3n) is 2.39. The zero-order valence-corrected chi connectivity index (χ0v) is 10.4. The molecule has 6 heteroatoms. The molecule has 2 aromatic rings. The minimum absolute atomic E-state index is 0.0396. The lowest BCUT2D eigenvalue weighted by atomic mass is 10.2. The van der Waals surface area contributed by atoms with Crippen LogP contribution in [0, 0.1) is 0 Å². The van der Waals surface area contributed by atoms with Crippen molar-refractivity contribution in [2.45, 2.75) is 0 Å². The molecule has 1 N–H and O–H groups in total. The fourth-order valence-electron chi connectivity index (χ4n) is 1.65. The minimum Gasteiger partial charge on any atom is -0.478 e. The van der Waals surface area contributed by atoms with Gasteiger partial charge < -0.3 is 9.67 Å². The van der Waals surface area contributed by atoms with E-state index in [1.807, 2.05) is 0 Å². The van der Waals surface area contributed by atoms with Crippen molar-refractivity contribution in [3.05, 3.63) is 32.9 Å². The first kappa shape index (κ1) is 11.6. The second-order valence-corrected chi connectivity index (χ2v) is 4.43. The number of aryl methyl sites for hydroxylation is 1. The molecule has 84 valence electrons. The van der Waals surface area contributed by atoms with Gasteiger partial charge in [-0.15, -0.1) is 0 Å². The molecule has 0 aliphatic rings. The third kappa shape index (κ3) is 1.47. The van der Waals surface area contributed by atoms with E-state index in [1.54, 1.807) is 19.2 Å². The van der Waals surface area contributed by atoms with Crippen LogP contribution in [-0.2, 0) is 7.05 Å². The number of aromatic nitrogens is 1. The Balaban J connectivity index is 3.01.